The molecule has 3 aromatic rings. The molecular weight excluding hydrogens is 376 g/mol. The molecule has 134 valence electrons. The molecule has 0 N–H and O–H groups in total. The van der Waals surface area contributed by atoms with E-state index >= 15 is 0 Å². The molecule has 7 nitrogen and oxygen atoms in total. The smallest absolute Gasteiger partial charge is 0.299 e. The maximum absolute atomic E-state index is 12.6. The molecular formula is C17H15ClN4O3S. The first-order valence-corrected chi connectivity index (χ1v) is 9.02. The molecule has 0 spiro atoms. The molecule has 0 unspecified atom stereocenters. The van der Waals surface area contributed by atoms with E-state index in [1.165, 1.54) is 25.6 Å². The molecule has 0 saturated heterocycles. The number of Topliss-reactive ketones (excluding diaryl/α,β-unsaturated/α-hetero) is 1. The van der Waals surface area contributed by atoms with Crippen molar-refractivity contribution in [3.8, 4) is 11.4 Å². The standard InChI is InChI=1S/C17H15ClN4O3S/c1-9(23)8-26-15-12-14(21(2)17(25)22(3)16(12)24)19-13(20-15)10-5-4-6-11(18)7-10/h4-7H,8H2,1-3H3. The Morgan fingerprint density at radius 3 is 2.58 bits per heavy atom. The first-order chi connectivity index (χ1) is 12.3. The van der Waals surface area contributed by atoms with E-state index < -0.39 is 11.2 Å². The van der Waals surface area contributed by atoms with Crippen LogP contribution in [0.2, 0.25) is 5.02 Å². The van der Waals surface area contributed by atoms with Crippen molar-refractivity contribution in [3.05, 3.63) is 50.1 Å². The Labute approximate surface area is 157 Å². The number of nitrogens with zero attached hydrogens (tertiary/aromatic N) is 4. The number of carbonyl (C=O) groups is 1. The number of carbonyl (C=O) groups excluding carboxylic acids is 1. The maximum Gasteiger partial charge on any atom is 0.332 e. The van der Waals surface area contributed by atoms with Gasteiger partial charge < -0.3 is 0 Å². The van der Waals surface area contributed by atoms with E-state index in [0.717, 1.165) is 16.3 Å². The van der Waals surface area contributed by atoms with Gasteiger partial charge in [-0.3, -0.25) is 18.7 Å². The van der Waals surface area contributed by atoms with E-state index in [1.54, 1.807) is 24.3 Å². The minimum atomic E-state index is -0.494. The predicted molar refractivity (Wildman–Crippen MR) is 102 cm³/mol. The Morgan fingerprint density at radius 1 is 1.19 bits per heavy atom. The first-order valence-electron chi connectivity index (χ1n) is 7.65. The predicted octanol–water partition coefficient (Wildman–Crippen LogP) is 2.03. The normalized spacial score (nSPS) is 11.1. The third kappa shape index (κ3) is 3.30. The molecule has 0 bridgehead atoms. The van der Waals surface area contributed by atoms with E-state index in [2.05, 4.69) is 9.97 Å². The number of rotatable bonds is 4. The highest BCUT2D eigenvalue weighted by molar-refractivity contribution is 8.00. The number of hydrogen-bond acceptors (Lipinski definition) is 6. The average molecular weight is 391 g/mol. The van der Waals surface area contributed by atoms with Crippen LogP contribution >= 0.6 is 23.4 Å². The molecule has 9 heteroatoms. The maximum atomic E-state index is 12.6. The number of aryl methyl sites for hydroxylation is 1. The summed E-state index contributed by atoms with van der Waals surface area (Å²) in [5.41, 5.74) is -0.112. The molecule has 0 aliphatic carbocycles. The van der Waals surface area contributed by atoms with Gasteiger partial charge in [0, 0.05) is 24.7 Å². The van der Waals surface area contributed by atoms with Crippen LogP contribution in [0.4, 0.5) is 0 Å². The van der Waals surface area contributed by atoms with Gasteiger partial charge in [0.2, 0.25) is 0 Å². The zero-order chi connectivity index (χ0) is 19.0. The van der Waals surface area contributed by atoms with Crippen LogP contribution in [0.5, 0.6) is 0 Å². The van der Waals surface area contributed by atoms with Gasteiger partial charge in [-0.05, 0) is 19.1 Å². The molecule has 0 saturated carbocycles. The first kappa shape index (κ1) is 18.3. The summed E-state index contributed by atoms with van der Waals surface area (Å²) in [4.78, 5) is 45.2. The molecule has 3 rings (SSSR count). The molecule has 0 radical (unpaired) electrons. The minimum Gasteiger partial charge on any atom is -0.299 e. The summed E-state index contributed by atoms with van der Waals surface area (Å²) >= 11 is 7.19. The van der Waals surface area contributed by atoms with Crippen LogP contribution in [-0.2, 0) is 18.9 Å². The van der Waals surface area contributed by atoms with Gasteiger partial charge in [0.15, 0.2) is 11.5 Å². The Bertz CT molecular complexity index is 1150. The van der Waals surface area contributed by atoms with Crippen LogP contribution in [0.1, 0.15) is 6.92 Å². The van der Waals surface area contributed by atoms with Gasteiger partial charge in [-0.2, -0.15) is 0 Å². The Kier molecular flexibility index (Phi) is 4.97. The van der Waals surface area contributed by atoms with Crippen LogP contribution in [0.15, 0.2) is 38.9 Å². The van der Waals surface area contributed by atoms with Crippen molar-refractivity contribution in [1.82, 2.24) is 19.1 Å². The molecule has 0 amide bonds. The monoisotopic (exact) mass is 390 g/mol. The molecule has 0 aliphatic rings. The summed E-state index contributed by atoms with van der Waals surface area (Å²) < 4.78 is 2.30. The molecule has 1 aromatic carbocycles. The van der Waals surface area contributed by atoms with Crippen molar-refractivity contribution in [2.75, 3.05) is 5.75 Å². The molecule has 2 heterocycles. The second-order valence-electron chi connectivity index (χ2n) is 5.76. The van der Waals surface area contributed by atoms with E-state index in [1.807, 2.05) is 0 Å². The highest BCUT2D eigenvalue weighted by Crippen LogP contribution is 2.27. The van der Waals surface area contributed by atoms with Crippen molar-refractivity contribution in [3.63, 3.8) is 0 Å². The summed E-state index contributed by atoms with van der Waals surface area (Å²) in [6.07, 6.45) is 0. The number of benzene rings is 1. The third-order valence-corrected chi connectivity index (χ3v) is 5.12. The number of aromatic nitrogens is 4. The fourth-order valence-electron chi connectivity index (χ4n) is 2.46. The van der Waals surface area contributed by atoms with Gasteiger partial charge >= 0.3 is 5.69 Å². The molecule has 2 aromatic heterocycles. The van der Waals surface area contributed by atoms with Gasteiger partial charge in [-0.1, -0.05) is 35.5 Å². The highest BCUT2D eigenvalue weighted by atomic mass is 35.5. The summed E-state index contributed by atoms with van der Waals surface area (Å²) in [5.74, 6) is 0.439. The quantitative estimate of drug-likeness (QED) is 0.500. The van der Waals surface area contributed by atoms with Crippen LogP contribution in [0.25, 0.3) is 22.4 Å². The van der Waals surface area contributed by atoms with E-state index in [9.17, 15) is 14.4 Å². The second kappa shape index (κ2) is 7.05. The number of hydrogen-bond donors (Lipinski definition) is 0. The minimum absolute atomic E-state index is 0.0484. The highest BCUT2D eigenvalue weighted by Gasteiger charge is 2.18. The van der Waals surface area contributed by atoms with Crippen molar-refractivity contribution in [2.24, 2.45) is 14.1 Å². The number of halogens is 1. The van der Waals surface area contributed by atoms with Gasteiger partial charge in [-0.15, -0.1) is 0 Å². The average Bonchev–Trinajstić information content (AvgIpc) is 2.62. The van der Waals surface area contributed by atoms with E-state index in [-0.39, 0.29) is 22.6 Å². The third-order valence-electron chi connectivity index (χ3n) is 3.76. The molecule has 0 atom stereocenters. The summed E-state index contributed by atoms with van der Waals surface area (Å²) in [6, 6.07) is 6.96. The lowest BCUT2D eigenvalue weighted by atomic mass is 10.2. The molecule has 26 heavy (non-hydrogen) atoms. The lowest BCUT2D eigenvalue weighted by Gasteiger charge is -2.11. The molecule has 0 fully saturated rings. The van der Waals surface area contributed by atoms with Crippen LogP contribution < -0.4 is 11.2 Å². The van der Waals surface area contributed by atoms with E-state index in [4.69, 9.17) is 11.6 Å². The van der Waals surface area contributed by atoms with Gasteiger partial charge in [0.25, 0.3) is 5.56 Å². The van der Waals surface area contributed by atoms with Crippen LogP contribution in [0.3, 0.4) is 0 Å². The van der Waals surface area contributed by atoms with Crippen molar-refractivity contribution < 1.29 is 4.79 Å². The number of thioether (sulfide) groups is 1. The SMILES string of the molecule is CC(=O)CSc1nc(-c2cccc(Cl)c2)nc2c1c(=O)n(C)c(=O)n2C. The van der Waals surface area contributed by atoms with Crippen molar-refractivity contribution in [2.45, 2.75) is 11.9 Å². The van der Waals surface area contributed by atoms with Crippen molar-refractivity contribution >= 4 is 40.2 Å². The zero-order valence-corrected chi connectivity index (χ0v) is 15.9. The lowest BCUT2D eigenvalue weighted by Crippen LogP contribution is -2.37. The zero-order valence-electron chi connectivity index (χ0n) is 14.3. The Hall–Kier alpha value is -2.45. The topological polar surface area (TPSA) is 86.8 Å². The van der Waals surface area contributed by atoms with Gasteiger partial charge in [0.1, 0.15) is 16.2 Å². The summed E-state index contributed by atoms with van der Waals surface area (Å²) in [7, 11) is 2.94. The summed E-state index contributed by atoms with van der Waals surface area (Å²) in [6.45, 7) is 1.46. The summed E-state index contributed by atoms with van der Waals surface area (Å²) in [5, 5.41) is 1.09. The van der Waals surface area contributed by atoms with Gasteiger partial charge in [0.05, 0.1) is 5.75 Å². The second-order valence-corrected chi connectivity index (χ2v) is 7.16. The number of ketones is 1. The fourth-order valence-corrected chi connectivity index (χ4v) is 3.46. The van der Waals surface area contributed by atoms with Crippen LogP contribution in [-0.4, -0.2) is 30.6 Å². The van der Waals surface area contributed by atoms with Gasteiger partial charge in [-0.25, -0.2) is 14.8 Å². The Balaban J connectivity index is 2.38. The fraction of sp³-hybridized carbons (Fsp3) is 0.235. The van der Waals surface area contributed by atoms with Crippen LogP contribution in [0, 0.1) is 0 Å². The van der Waals surface area contributed by atoms with Crippen molar-refractivity contribution in [1.29, 1.82) is 0 Å². The number of fused-ring (bicyclic) bond motifs is 1. The Morgan fingerprint density at radius 2 is 1.92 bits per heavy atom. The lowest BCUT2D eigenvalue weighted by molar-refractivity contribution is -0.114. The molecule has 0 aliphatic heterocycles. The van der Waals surface area contributed by atoms with E-state index in [0.29, 0.717) is 21.4 Å². The largest absolute Gasteiger partial charge is 0.332 e.